The van der Waals surface area contributed by atoms with Crippen molar-refractivity contribution in [1.29, 1.82) is 0 Å². The highest BCUT2D eigenvalue weighted by Crippen LogP contribution is 2.64. The van der Waals surface area contributed by atoms with Gasteiger partial charge in [-0.3, -0.25) is 4.79 Å². The Labute approximate surface area is 176 Å². The number of carbonyl (C=O) groups is 1. The molecule has 0 radical (unpaired) electrons. The Hall–Kier alpha value is -2.53. The van der Waals surface area contributed by atoms with Crippen LogP contribution >= 0.6 is 0 Å². The smallest absolute Gasteiger partial charge is 0.166 e. The van der Waals surface area contributed by atoms with E-state index in [9.17, 15) is 15.0 Å². The predicted octanol–water partition coefficient (Wildman–Crippen LogP) is 4.02. The molecule has 0 amide bonds. The number of ether oxygens (including phenoxy) is 2. The lowest BCUT2D eigenvalue weighted by Gasteiger charge is -2.36. The maximum absolute atomic E-state index is 11.9. The third-order valence-corrected chi connectivity index (χ3v) is 7.43. The lowest BCUT2D eigenvalue weighted by molar-refractivity contribution is -0.0658. The topological polar surface area (TPSA) is 76.0 Å². The number of carbonyl (C=O) groups excluding carboxylic acids is 1. The minimum Gasteiger partial charge on any atom is -0.507 e. The third-order valence-electron chi connectivity index (χ3n) is 7.43. The quantitative estimate of drug-likeness (QED) is 0.734. The standard InChI is InChI=1S/C25H28O5/c1-12-8-17-23(30-18(11-29-17)25(4,5)28)21-20-15(24(2,3)22(12)21)9-13-6-7-16(27)14(10-26)19(13)20/h6-8,10,15,18,20,27-28H,9,11H2,1-5H3/t15-,18+,20-/m1/s1. The first kappa shape index (κ1) is 19.4. The van der Waals surface area contributed by atoms with Gasteiger partial charge in [-0.05, 0) is 72.9 Å². The van der Waals surface area contributed by atoms with Crippen LogP contribution in [0.25, 0.3) is 0 Å². The van der Waals surface area contributed by atoms with Crippen molar-refractivity contribution in [2.45, 2.75) is 64.1 Å². The van der Waals surface area contributed by atoms with Gasteiger partial charge in [0.05, 0.1) is 11.2 Å². The summed E-state index contributed by atoms with van der Waals surface area (Å²) in [7, 11) is 0. The van der Waals surface area contributed by atoms with Crippen molar-refractivity contribution >= 4 is 6.29 Å². The zero-order chi connectivity index (χ0) is 21.6. The molecule has 2 aromatic carbocycles. The molecular weight excluding hydrogens is 380 g/mol. The normalized spacial score (nSPS) is 25.5. The van der Waals surface area contributed by atoms with Gasteiger partial charge in [-0.1, -0.05) is 19.9 Å². The van der Waals surface area contributed by atoms with E-state index in [0.29, 0.717) is 17.1 Å². The van der Waals surface area contributed by atoms with Crippen LogP contribution in [0.4, 0.5) is 0 Å². The van der Waals surface area contributed by atoms with Gasteiger partial charge in [0.25, 0.3) is 0 Å². The number of phenols is 1. The van der Waals surface area contributed by atoms with Crippen molar-refractivity contribution < 1.29 is 24.5 Å². The van der Waals surface area contributed by atoms with E-state index in [1.165, 1.54) is 5.56 Å². The summed E-state index contributed by atoms with van der Waals surface area (Å²) >= 11 is 0. The van der Waals surface area contributed by atoms with Crippen LogP contribution in [0, 0.1) is 12.8 Å². The summed E-state index contributed by atoms with van der Waals surface area (Å²) in [6, 6.07) is 5.58. The Balaban J connectivity index is 1.79. The van der Waals surface area contributed by atoms with Crippen LogP contribution in [0.1, 0.15) is 71.8 Å². The summed E-state index contributed by atoms with van der Waals surface area (Å²) in [5, 5.41) is 20.9. The average Bonchev–Trinajstić information content (AvgIpc) is 3.15. The fraction of sp³-hybridized carbons (Fsp3) is 0.480. The molecule has 5 rings (SSSR count). The first-order valence-electron chi connectivity index (χ1n) is 10.6. The number of phenolic OH excluding ortho intramolecular Hbond substituents is 1. The molecule has 0 saturated carbocycles. The zero-order valence-electron chi connectivity index (χ0n) is 18.1. The van der Waals surface area contributed by atoms with E-state index in [1.54, 1.807) is 19.9 Å². The Kier molecular flexibility index (Phi) is 3.89. The van der Waals surface area contributed by atoms with Crippen LogP contribution in [0.15, 0.2) is 18.2 Å². The maximum atomic E-state index is 11.9. The molecule has 3 aliphatic rings. The van der Waals surface area contributed by atoms with Crippen LogP contribution in [0.3, 0.4) is 0 Å². The fourth-order valence-electron chi connectivity index (χ4n) is 5.96. The van der Waals surface area contributed by atoms with Crippen LogP contribution < -0.4 is 9.47 Å². The summed E-state index contributed by atoms with van der Waals surface area (Å²) < 4.78 is 12.4. The minimum atomic E-state index is -1.05. The largest absolute Gasteiger partial charge is 0.507 e. The molecule has 5 nitrogen and oxygen atoms in total. The Morgan fingerprint density at radius 1 is 1.23 bits per heavy atom. The van der Waals surface area contributed by atoms with E-state index in [4.69, 9.17) is 9.47 Å². The van der Waals surface area contributed by atoms with Gasteiger partial charge in [-0.15, -0.1) is 0 Å². The van der Waals surface area contributed by atoms with Crippen molar-refractivity contribution in [3.8, 4) is 17.2 Å². The summed E-state index contributed by atoms with van der Waals surface area (Å²) in [6.45, 7) is 10.3. The van der Waals surface area contributed by atoms with E-state index >= 15 is 0 Å². The Bertz CT molecular complexity index is 1080. The van der Waals surface area contributed by atoms with Crippen LogP contribution in [-0.2, 0) is 11.8 Å². The first-order chi connectivity index (χ1) is 14.1. The van der Waals surface area contributed by atoms with E-state index < -0.39 is 11.7 Å². The molecule has 0 saturated heterocycles. The second-order valence-corrected chi connectivity index (χ2v) is 10.1. The Morgan fingerprint density at radius 3 is 2.63 bits per heavy atom. The summed E-state index contributed by atoms with van der Waals surface area (Å²) in [6.07, 6.45) is 1.11. The number of aromatic hydroxyl groups is 1. The van der Waals surface area contributed by atoms with E-state index in [1.807, 2.05) is 12.1 Å². The molecule has 0 aromatic heterocycles. The molecule has 3 atom stereocenters. The molecule has 0 spiro atoms. The summed E-state index contributed by atoms with van der Waals surface area (Å²) in [4.78, 5) is 11.9. The predicted molar refractivity (Wildman–Crippen MR) is 113 cm³/mol. The van der Waals surface area contributed by atoms with Gasteiger partial charge in [0.2, 0.25) is 0 Å². The third kappa shape index (κ3) is 2.41. The lowest BCUT2D eigenvalue weighted by atomic mass is 9.75. The van der Waals surface area contributed by atoms with Crippen molar-refractivity contribution in [3.05, 3.63) is 51.6 Å². The number of aldehydes is 1. The number of benzene rings is 2. The van der Waals surface area contributed by atoms with Gasteiger partial charge in [-0.25, -0.2) is 0 Å². The number of aliphatic hydroxyl groups is 1. The van der Waals surface area contributed by atoms with Gasteiger partial charge in [0.1, 0.15) is 12.4 Å². The average molecular weight is 408 g/mol. The first-order valence-corrected chi connectivity index (χ1v) is 10.6. The number of rotatable bonds is 2. The molecule has 0 unspecified atom stereocenters. The molecule has 5 heteroatoms. The van der Waals surface area contributed by atoms with Crippen LogP contribution in [0.2, 0.25) is 0 Å². The van der Waals surface area contributed by atoms with Gasteiger partial charge in [0.15, 0.2) is 23.9 Å². The highest BCUT2D eigenvalue weighted by atomic mass is 16.6. The van der Waals surface area contributed by atoms with Gasteiger partial charge in [0, 0.05) is 11.5 Å². The molecule has 0 fully saturated rings. The number of hydrogen-bond acceptors (Lipinski definition) is 5. The van der Waals surface area contributed by atoms with Crippen molar-refractivity contribution in [2.75, 3.05) is 6.61 Å². The van der Waals surface area contributed by atoms with Crippen molar-refractivity contribution in [3.63, 3.8) is 0 Å². The fourth-order valence-corrected chi connectivity index (χ4v) is 5.96. The molecule has 158 valence electrons. The van der Waals surface area contributed by atoms with Gasteiger partial charge < -0.3 is 19.7 Å². The van der Waals surface area contributed by atoms with E-state index in [2.05, 4.69) is 20.8 Å². The highest BCUT2D eigenvalue weighted by molar-refractivity contribution is 5.84. The molecule has 0 bridgehead atoms. The summed E-state index contributed by atoms with van der Waals surface area (Å²) in [5.41, 5.74) is 4.60. The van der Waals surface area contributed by atoms with Gasteiger partial charge in [-0.2, -0.15) is 0 Å². The maximum Gasteiger partial charge on any atom is 0.166 e. The lowest BCUT2D eigenvalue weighted by Crippen LogP contribution is -2.46. The number of aryl methyl sites for hydroxylation is 1. The van der Waals surface area contributed by atoms with Gasteiger partial charge >= 0.3 is 0 Å². The second-order valence-electron chi connectivity index (χ2n) is 10.1. The molecule has 2 N–H and O–H groups in total. The summed E-state index contributed by atoms with van der Waals surface area (Å²) in [5.74, 6) is 1.56. The van der Waals surface area contributed by atoms with E-state index in [-0.39, 0.29) is 29.6 Å². The Morgan fingerprint density at radius 2 is 1.97 bits per heavy atom. The minimum absolute atomic E-state index is 0.0173. The highest BCUT2D eigenvalue weighted by Gasteiger charge is 2.54. The zero-order valence-corrected chi connectivity index (χ0v) is 18.1. The van der Waals surface area contributed by atoms with Crippen LogP contribution in [-0.4, -0.2) is 34.8 Å². The molecule has 30 heavy (non-hydrogen) atoms. The molecule has 1 aliphatic heterocycles. The SMILES string of the molecule is Cc1cc2c(c3c1C(C)(C)[C@@H]1Cc4ccc(O)c(C=O)c4[C@H]31)O[C@H](C(C)(C)O)CO2. The molecule has 2 aliphatic carbocycles. The van der Waals surface area contributed by atoms with Crippen LogP contribution in [0.5, 0.6) is 17.2 Å². The monoisotopic (exact) mass is 408 g/mol. The van der Waals surface area contributed by atoms with E-state index in [0.717, 1.165) is 35.0 Å². The second kappa shape index (κ2) is 6.01. The molecular formula is C25H28O5. The molecule has 2 aromatic rings. The number of fused-ring (bicyclic) bond motifs is 7. The van der Waals surface area contributed by atoms with Crippen molar-refractivity contribution in [2.24, 2.45) is 5.92 Å². The number of hydrogen-bond donors (Lipinski definition) is 2. The van der Waals surface area contributed by atoms with Crippen molar-refractivity contribution in [1.82, 2.24) is 0 Å². The molecule has 1 heterocycles.